The molecule has 2 amide bonds. The fraction of sp³-hybridized carbons (Fsp3) is 0.562. The van der Waals surface area contributed by atoms with Gasteiger partial charge in [-0.3, -0.25) is 0 Å². The first-order chi connectivity index (χ1) is 10.6. The molecule has 0 aromatic heterocycles. The van der Waals surface area contributed by atoms with Crippen molar-refractivity contribution in [1.29, 1.82) is 0 Å². The summed E-state index contributed by atoms with van der Waals surface area (Å²) in [6.45, 7) is 2.22. The van der Waals surface area contributed by atoms with Crippen LogP contribution in [0.3, 0.4) is 0 Å². The Morgan fingerprint density at radius 3 is 2.41 bits per heavy atom. The first-order valence-corrected chi connectivity index (χ1v) is 7.44. The molecular weight excluding hydrogens is 282 g/mol. The van der Waals surface area contributed by atoms with Crippen molar-refractivity contribution in [2.45, 2.75) is 12.8 Å². The second-order valence-corrected chi connectivity index (χ2v) is 5.28. The van der Waals surface area contributed by atoms with Crippen molar-refractivity contribution in [1.82, 2.24) is 15.5 Å². The largest absolute Gasteiger partial charge is 0.493 e. The van der Waals surface area contributed by atoms with Crippen molar-refractivity contribution in [2.24, 2.45) is 0 Å². The molecule has 0 heterocycles. The summed E-state index contributed by atoms with van der Waals surface area (Å²) in [6.07, 6.45) is 1.68. The average molecular weight is 309 g/mol. The van der Waals surface area contributed by atoms with E-state index < -0.39 is 0 Å². The molecule has 0 radical (unpaired) electrons. The molecule has 0 fully saturated rings. The zero-order chi connectivity index (χ0) is 16.4. The van der Waals surface area contributed by atoms with Gasteiger partial charge in [-0.2, -0.15) is 0 Å². The Balaban J connectivity index is 2.27. The molecule has 0 aliphatic rings. The van der Waals surface area contributed by atoms with Crippen LogP contribution >= 0.6 is 0 Å². The quantitative estimate of drug-likeness (QED) is 0.679. The van der Waals surface area contributed by atoms with Crippen molar-refractivity contribution in [3.63, 3.8) is 0 Å². The minimum atomic E-state index is -0.126. The monoisotopic (exact) mass is 309 g/mol. The molecule has 1 rings (SSSR count). The lowest BCUT2D eigenvalue weighted by Gasteiger charge is -2.11. The van der Waals surface area contributed by atoms with Gasteiger partial charge in [0.05, 0.1) is 14.2 Å². The molecule has 6 heteroatoms. The van der Waals surface area contributed by atoms with E-state index in [0.29, 0.717) is 24.6 Å². The van der Waals surface area contributed by atoms with Crippen molar-refractivity contribution in [2.75, 3.05) is 47.9 Å². The van der Waals surface area contributed by atoms with Crippen LogP contribution in [0.1, 0.15) is 12.0 Å². The van der Waals surface area contributed by atoms with E-state index in [1.807, 2.05) is 32.3 Å². The van der Waals surface area contributed by atoms with Gasteiger partial charge < -0.3 is 25.0 Å². The van der Waals surface area contributed by atoms with E-state index in [2.05, 4.69) is 15.5 Å². The molecule has 0 aliphatic carbocycles. The standard InChI is InChI=1S/C16H27N3O3/c1-19(2)11-5-9-17-16(20)18-10-8-13-6-7-14(21-3)15(12-13)22-4/h6-7,12H,5,8-11H2,1-4H3,(H2,17,18,20). The summed E-state index contributed by atoms with van der Waals surface area (Å²) in [4.78, 5) is 13.7. The topological polar surface area (TPSA) is 62.8 Å². The normalized spacial score (nSPS) is 10.4. The van der Waals surface area contributed by atoms with Crippen LogP contribution in [0.2, 0.25) is 0 Å². The third-order valence-corrected chi connectivity index (χ3v) is 3.21. The molecule has 1 aromatic rings. The SMILES string of the molecule is COc1ccc(CCNC(=O)NCCCN(C)C)cc1OC. The number of carbonyl (C=O) groups excluding carboxylic acids is 1. The Kier molecular flexibility index (Phi) is 8.14. The van der Waals surface area contributed by atoms with Crippen LogP contribution in [-0.4, -0.2) is 58.9 Å². The number of ether oxygens (including phenoxy) is 2. The number of carbonyl (C=O) groups is 1. The summed E-state index contributed by atoms with van der Waals surface area (Å²) < 4.78 is 10.5. The molecule has 0 unspecified atom stereocenters. The number of methoxy groups -OCH3 is 2. The van der Waals surface area contributed by atoms with E-state index in [4.69, 9.17) is 9.47 Å². The minimum absolute atomic E-state index is 0.126. The fourth-order valence-electron chi connectivity index (χ4n) is 2.02. The molecule has 6 nitrogen and oxygen atoms in total. The summed E-state index contributed by atoms with van der Waals surface area (Å²) in [5, 5.41) is 5.69. The number of rotatable bonds is 9. The number of nitrogens with one attached hydrogen (secondary N) is 2. The van der Waals surface area contributed by atoms with E-state index in [-0.39, 0.29) is 6.03 Å². The van der Waals surface area contributed by atoms with Crippen LogP contribution in [0, 0.1) is 0 Å². The molecule has 124 valence electrons. The Bertz CT molecular complexity index is 464. The highest BCUT2D eigenvalue weighted by atomic mass is 16.5. The Hall–Kier alpha value is -1.95. The van der Waals surface area contributed by atoms with Crippen LogP contribution in [0.15, 0.2) is 18.2 Å². The second kappa shape index (κ2) is 9.89. The molecule has 2 N–H and O–H groups in total. The van der Waals surface area contributed by atoms with Crippen molar-refractivity contribution in [3.05, 3.63) is 23.8 Å². The van der Waals surface area contributed by atoms with Gasteiger partial charge in [-0.1, -0.05) is 6.07 Å². The number of hydrogen-bond acceptors (Lipinski definition) is 4. The maximum atomic E-state index is 11.6. The van der Waals surface area contributed by atoms with Gasteiger partial charge in [-0.05, 0) is 51.2 Å². The molecular formula is C16H27N3O3. The van der Waals surface area contributed by atoms with Crippen LogP contribution in [-0.2, 0) is 6.42 Å². The van der Waals surface area contributed by atoms with Crippen LogP contribution in [0.25, 0.3) is 0 Å². The number of urea groups is 1. The molecule has 0 bridgehead atoms. The first kappa shape index (κ1) is 18.1. The van der Waals surface area contributed by atoms with Gasteiger partial charge in [0, 0.05) is 13.1 Å². The van der Waals surface area contributed by atoms with Gasteiger partial charge in [0.2, 0.25) is 0 Å². The van der Waals surface area contributed by atoms with E-state index in [0.717, 1.165) is 24.9 Å². The van der Waals surface area contributed by atoms with E-state index >= 15 is 0 Å². The van der Waals surface area contributed by atoms with E-state index in [1.165, 1.54) is 0 Å². The molecule has 0 saturated carbocycles. The first-order valence-electron chi connectivity index (χ1n) is 7.44. The van der Waals surface area contributed by atoms with Gasteiger partial charge in [0.25, 0.3) is 0 Å². The highest BCUT2D eigenvalue weighted by Gasteiger charge is 2.05. The Morgan fingerprint density at radius 1 is 1.09 bits per heavy atom. The van der Waals surface area contributed by atoms with Crippen LogP contribution in [0.5, 0.6) is 11.5 Å². The fourth-order valence-corrected chi connectivity index (χ4v) is 2.02. The van der Waals surface area contributed by atoms with E-state index in [1.54, 1.807) is 14.2 Å². The lowest BCUT2D eigenvalue weighted by molar-refractivity contribution is 0.240. The summed E-state index contributed by atoms with van der Waals surface area (Å²) in [5.41, 5.74) is 1.09. The predicted molar refractivity (Wildman–Crippen MR) is 87.8 cm³/mol. The van der Waals surface area contributed by atoms with E-state index in [9.17, 15) is 4.79 Å². The predicted octanol–water partition coefficient (Wildman–Crippen LogP) is 1.50. The number of nitrogens with zero attached hydrogens (tertiary/aromatic N) is 1. The summed E-state index contributed by atoms with van der Waals surface area (Å²) in [5.74, 6) is 1.41. The van der Waals surface area contributed by atoms with Gasteiger partial charge >= 0.3 is 6.03 Å². The summed E-state index contributed by atoms with van der Waals surface area (Å²) in [6, 6.07) is 5.64. The van der Waals surface area contributed by atoms with Gasteiger partial charge in [0.15, 0.2) is 11.5 Å². The zero-order valence-corrected chi connectivity index (χ0v) is 13.9. The minimum Gasteiger partial charge on any atom is -0.493 e. The van der Waals surface area contributed by atoms with Gasteiger partial charge in [0.1, 0.15) is 0 Å². The Morgan fingerprint density at radius 2 is 1.77 bits per heavy atom. The molecule has 0 aliphatic heterocycles. The van der Waals surface area contributed by atoms with Gasteiger partial charge in [-0.25, -0.2) is 4.79 Å². The molecule has 1 aromatic carbocycles. The number of hydrogen-bond donors (Lipinski definition) is 2. The lowest BCUT2D eigenvalue weighted by atomic mass is 10.1. The van der Waals surface area contributed by atoms with Crippen molar-refractivity contribution in [3.8, 4) is 11.5 Å². The molecule has 0 saturated heterocycles. The molecule has 22 heavy (non-hydrogen) atoms. The Labute approximate surface area is 132 Å². The number of benzene rings is 1. The van der Waals surface area contributed by atoms with Gasteiger partial charge in [-0.15, -0.1) is 0 Å². The smallest absolute Gasteiger partial charge is 0.314 e. The molecule has 0 spiro atoms. The van der Waals surface area contributed by atoms with Crippen LogP contribution < -0.4 is 20.1 Å². The average Bonchev–Trinajstić information content (AvgIpc) is 2.51. The maximum absolute atomic E-state index is 11.6. The molecule has 0 atom stereocenters. The summed E-state index contributed by atoms with van der Waals surface area (Å²) >= 11 is 0. The highest BCUT2D eigenvalue weighted by Crippen LogP contribution is 2.27. The van der Waals surface area contributed by atoms with Crippen molar-refractivity contribution >= 4 is 6.03 Å². The second-order valence-electron chi connectivity index (χ2n) is 5.28. The zero-order valence-electron chi connectivity index (χ0n) is 13.9. The van der Waals surface area contributed by atoms with Crippen molar-refractivity contribution < 1.29 is 14.3 Å². The maximum Gasteiger partial charge on any atom is 0.314 e. The third-order valence-electron chi connectivity index (χ3n) is 3.21. The highest BCUT2D eigenvalue weighted by molar-refractivity contribution is 5.73. The lowest BCUT2D eigenvalue weighted by Crippen LogP contribution is -2.37. The summed E-state index contributed by atoms with van der Waals surface area (Å²) in [7, 11) is 7.26. The number of amides is 2. The van der Waals surface area contributed by atoms with Crippen LogP contribution in [0.4, 0.5) is 4.79 Å². The third kappa shape index (κ3) is 6.67.